The number of hydrogen-bond acceptors (Lipinski definition) is 2. The lowest BCUT2D eigenvalue weighted by Crippen LogP contribution is -2.42. The maximum Gasteiger partial charge on any atom is 0.389 e. The SMILES string of the molecule is CN1C2CCC1CC(C(=O)CCC(F)(F)F)C2. The van der Waals surface area contributed by atoms with E-state index >= 15 is 0 Å². The average Bonchev–Trinajstić information content (AvgIpc) is 2.50. The van der Waals surface area contributed by atoms with Gasteiger partial charge in [0.25, 0.3) is 0 Å². The van der Waals surface area contributed by atoms with Crippen LogP contribution in [-0.2, 0) is 4.79 Å². The van der Waals surface area contributed by atoms with Gasteiger partial charge in [0.1, 0.15) is 5.78 Å². The number of fused-ring (bicyclic) bond motifs is 2. The van der Waals surface area contributed by atoms with E-state index < -0.39 is 12.6 Å². The summed E-state index contributed by atoms with van der Waals surface area (Å²) in [5.41, 5.74) is 0. The molecule has 2 fully saturated rings. The largest absolute Gasteiger partial charge is 0.389 e. The lowest BCUT2D eigenvalue weighted by molar-refractivity contribution is -0.145. The van der Waals surface area contributed by atoms with Crippen LogP contribution >= 0.6 is 0 Å². The molecule has 0 spiro atoms. The van der Waals surface area contributed by atoms with Gasteiger partial charge in [0.05, 0.1) is 6.42 Å². The summed E-state index contributed by atoms with van der Waals surface area (Å²) in [5, 5.41) is 0. The van der Waals surface area contributed by atoms with Crippen molar-refractivity contribution in [2.24, 2.45) is 5.92 Å². The molecule has 0 aromatic carbocycles. The normalized spacial score (nSPS) is 34.0. The Labute approximate surface area is 99.2 Å². The van der Waals surface area contributed by atoms with E-state index in [1.165, 1.54) is 0 Å². The Bertz CT molecular complexity index is 289. The van der Waals surface area contributed by atoms with E-state index in [1.807, 2.05) is 0 Å². The quantitative estimate of drug-likeness (QED) is 0.766. The Morgan fingerprint density at radius 3 is 2.24 bits per heavy atom. The van der Waals surface area contributed by atoms with Crippen molar-refractivity contribution >= 4 is 5.78 Å². The highest BCUT2D eigenvalue weighted by Crippen LogP contribution is 2.38. The lowest BCUT2D eigenvalue weighted by atomic mass is 9.86. The van der Waals surface area contributed by atoms with Crippen molar-refractivity contribution in [2.75, 3.05) is 7.05 Å². The van der Waals surface area contributed by atoms with Crippen LogP contribution in [0.2, 0.25) is 0 Å². The third-order valence-electron chi connectivity index (χ3n) is 4.21. The van der Waals surface area contributed by atoms with Gasteiger partial charge in [-0.15, -0.1) is 0 Å². The minimum atomic E-state index is -4.21. The molecule has 2 rings (SSSR count). The number of carbonyl (C=O) groups excluding carboxylic acids is 1. The van der Waals surface area contributed by atoms with Crippen LogP contribution in [0, 0.1) is 5.92 Å². The van der Waals surface area contributed by atoms with E-state index in [9.17, 15) is 18.0 Å². The van der Waals surface area contributed by atoms with Crippen molar-refractivity contribution < 1.29 is 18.0 Å². The molecule has 2 bridgehead atoms. The van der Waals surface area contributed by atoms with Crippen molar-refractivity contribution in [3.05, 3.63) is 0 Å². The number of alkyl halides is 3. The van der Waals surface area contributed by atoms with Crippen molar-refractivity contribution in [2.45, 2.75) is 56.8 Å². The highest BCUT2D eigenvalue weighted by atomic mass is 19.4. The Kier molecular flexibility index (Phi) is 3.48. The van der Waals surface area contributed by atoms with Crippen LogP contribution in [0.25, 0.3) is 0 Å². The fourth-order valence-electron chi connectivity index (χ4n) is 3.14. The summed E-state index contributed by atoms with van der Waals surface area (Å²) >= 11 is 0. The molecule has 2 saturated heterocycles. The van der Waals surface area contributed by atoms with E-state index in [1.54, 1.807) is 0 Å². The summed E-state index contributed by atoms with van der Waals surface area (Å²) in [5.74, 6) is -0.321. The first-order valence-electron chi connectivity index (χ1n) is 6.18. The maximum atomic E-state index is 12.1. The van der Waals surface area contributed by atoms with Gasteiger partial charge in [0.15, 0.2) is 0 Å². The summed E-state index contributed by atoms with van der Waals surface area (Å²) < 4.78 is 36.2. The molecule has 17 heavy (non-hydrogen) atoms. The molecule has 0 aromatic heterocycles. The summed E-state index contributed by atoms with van der Waals surface area (Å²) in [7, 11) is 2.05. The van der Waals surface area contributed by atoms with E-state index in [0.717, 1.165) is 25.7 Å². The zero-order valence-electron chi connectivity index (χ0n) is 9.96. The van der Waals surface area contributed by atoms with Crippen LogP contribution in [-0.4, -0.2) is 36.0 Å². The summed E-state index contributed by atoms with van der Waals surface area (Å²) in [6, 6.07) is 0.821. The van der Waals surface area contributed by atoms with Crippen molar-refractivity contribution in [3.8, 4) is 0 Å². The van der Waals surface area contributed by atoms with Gasteiger partial charge in [0, 0.05) is 24.4 Å². The van der Waals surface area contributed by atoms with Crippen LogP contribution < -0.4 is 0 Å². The average molecular weight is 249 g/mol. The summed E-state index contributed by atoms with van der Waals surface area (Å²) in [6.07, 6.45) is -1.83. The van der Waals surface area contributed by atoms with Gasteiger partial charge in [0.2, 0.25) is 0 Å². The first-order chi connectivity index (χ1) is 7.87. The molecule has 5 heteroatoms. The fourth-order valence-corrected chi connectivity index (χ4v) is 3.14. The third-order valence-corrected chi connectivity index (χ3v) is 4.21. The molecule has 2 aliphatic heterocycles. The molecule has 0 N–H and O–H groups in total. The predicted molar refractivity (Wildman–Crippen MR) is 57.6 cm³/mol. The van der Waals surface area contributed by atoms with Crippen LogP contribution in [0.15, 0.2) is 0 Å². The minimum Gasteiger partial charge on any atom is -0.300 e. The maximum absolute atomic E-state index is 12.1. The second-order valence-corrected chi connectivity index (χ2v) is 5.30. The third kappa shape index (κ3) is 3.00. The van der Waals surface area contributed by atoms with Gasteiger partial charge < -0.3 is 4.90 Å². The van der Waals surface area contributed by atoms with Gasteiger partial charge >= 0.3 is 6.18 Å². The number of ketones is 1. The number of carbonyl (C=O) groups is 1. The topological polar surface area (TPSA) is 20.3 Å². The molecule has 0 saturated carbocycles. The fraction of sp³-hybridized carbons (Fsp3) is 0.917. The first kappa shape index (κ1) is 12.9. The molecular formula is C12H18F3NO. The zero-order chi connectivity index (χ0) is 12.6. The lowest BCUT2D eigenvalue weighted by Gasteiger charge is -2.35. The van der Waals surface area contributed by atoms with Crippen LogP contribution in [0.4, 0.5) is 13.2 Å². The van der Waals surface area contributed by atoms with Crippen LogP contribution in [0.3, 0.4) is 0 Å². The highest BCUT2D eigenvalue weighted by Gasteiger charge is 2.41. The van der Waals surface area contributed by atoms with Gasteiger partial charge in [-0.3, -0.25) is 4.79 Å². The molecule has 0 aliphatic carbocycles. The number of nitrogens with zero attached hydrogens (tertiary/aromatic N) is 1. The zero-order valence-corrected chi connectivity index (χ0v) is 9.96. The number of piperidine rings is 1. The minimum absolute atomic E-state index is 0.133. The molecule has 0 aromatic rings. The molecule has 2 aliphatic rings. The van der Waals surface area contributed by atoms with Crippen molar-refractivity contribution in [1.82, 2.24) is 4.90 Å². The second kappa shape index (κ2) is 4.59. The van der Waals surface area contributed by atoms with Gasteiger partial charge in [-0.2, -0.15) is 13.2 Å². The number of rotatable bonds is 3. The smallest absolute Gasteiger partial charge is 0.300 e. The highest BCUT2D eigenvalue weighted by molar-refractivity contribution is 5.81. The molecular weight excluding hydrogens is 231 g/mol. The van der Waals surface area contributed by atoms with Gasteiger partial charge in [-0.1, -0.05) is 0 Å². The Hall–Kier alpha value is -0.580. The first-order valence-corrected chi connectivity index (χ1v) is 6.18. The van der Waals surface area contributed by atoms with E-state index in [0.29, 0.717) is 12.1 Å². The van der Waals surface area contributed by atoms with E-state index in [4.69, 9.17) is 0 Å². The molecule has 0 radical (unpaired) electrons. The number of halogens is 3. The molecule has 98 valence electrons. The molecule has 0 amide bonds. The Morgan fingerprint density at radius 1 is 1.24 bits per heavy atom. The van der Waals surface area contributed by atoms with Crippen LogP contribution in [0.1, 0.15) is 38.5 Å². The number of hydrogen-bond donors (Lipinski definition) is 0. The van der Waals surface area contributed by atoms with Crippen molar-refractivity contribution in [1.29, 1.82) is 0 Å². The molecule has 2 atom stereocenters. The molecule has 2 unspecified atom stereocenters. The van der Waals surface area contributed by atoms with Crippen molar-refractivity contribution in [3.63, 3.8) is 0 Å². The summed E-state index contributed by atoms with van der Waals surface area (Å²) in [6.45, 7) is 0. The van der Waals surface area contributed by atoms with E-state index in [-0.39, 0.29) is 18.1 Å². The molecule has 2 nitrogen and oxygen atoms in total. The van der Waals surface area contributed by atoms with E-state index in [2.05, 4.69) is 11.9 Å². The summed E-state index contributed by atoms with van der Waals surface area (Å²) in [4.78, 5) is 14.0. The second-order valence-electron chi connectivity index (χ2n) is 5.30. The Balaban J connectivity index is 1.85. The monoisotopic (exact) mass is 249 g/mol. The van der Waals surface area contributed by atoms with Crippen LogP contribution in [0.5, 0.6) is 0 Å². The number of Topliss-reactive ketones (excluding diaryl/α,β-unsaturated/α-hetero) is 1. The molecule has 2 heterocycles. The van der Waals surface area contributed by atoms with Gasteiger partial charge in [-0.05, 0) is 32.7 Å². The van der Waals surface area contributed by atoms with Gasteiger partial charge in [-0.25, -0.2) is 0 Å². The standard InChI is InChI=1S/C12H18F3NO/c1-16-9-2-3-10(16)7-8(6-9)11(17)4-5-12(13,14)15/h8-10H,2-7H2,1H3. The Morgan fingerprint density at radius 2 is 1.76 bits per heavy atom. The predicted octanol–water partition coefficient (Wildman–Crippen LogP) is 2.77.